The molecule has 2 heterocycles. The van der Waals surface area contributed by atoms with Gasteiger partial charge in [-0.1, -0.05) is 12.1 Å². The van der Waals surface area contributed by atoms with Crippen LogP contribution in [-0.2, 0) is 10.0 Å². The molecule has 0 saturated heterocycles. The highest BCUT2D eigenvalue weighted by atomic mass is 32.2. The van der Waals surface area contributed by atoms with Gasteiger partial charge in [0.1, 0.15) is 11.6 Å². The average Bonchev–Trinajstić information content (AvgIpc) is 3.07. The van der Waals surface area contributed by atoms with Gasteiger partial charge in [0.05, 0.1) is 10.6 Å². The number of nitrogens with zero attached hydrogens (tertiary/aromatic N) is 1. The molecule has 0 bridgehead atoms. The van der Waals surface area contributed by atoms with Gasteiger partial charge < -0.3 is 0 Å². The van der Waals surface area contributed by atoms with Crippen LogP contribution in [0, 0.1) is 11.6 Å². The number of aromatic nitrogens is 2. The quantitative estimate of drug-likeness (QED) is 0.765. The zero-order chi connectivity index (χ0) is 15.7. The SMILES string of the molecule is O=S(=O)(Nc1cc(-c2cccs2)[nH]n1)c1c(F)cccc1F. The van der Waals surface area contributed by atoms with Crippen LogP contribution in [0.4, 0.5) is 14.6 Å². The molecule has 0 aliphatic rings. The Kier molecular flexibility index (Phi) is 3.67. The molecular formula is C13H9F2N3O2S2. The number of nitrogens with one attached hydrogen (secondary N) is 2. The number of halogens is 2. The van der Waals surface area contributed by atoms with E-state index in [0.29, 0.717) is 5.69 Å². The minimum absolute atomic E-state index is 0.0500. The summed E-state index contributed by atoms with van der Waals surface area (Å²) in [5.74, 6) is -2.38. The lowest BCUT2D eigenvalue weighted by atomic mass is 10.3. The number of hydrogen-bond donors (Lipinski definition) is 2. The molecule has 0 aliphatic heterocycles. The molecule has 9 heteroatoms. The Hall–Kier alpha value is -2.26. The Morgan fingerprint density at radius 1 is 1.14 bits per heavy atom. The van der Waals surface area contributed by atoms with Crippen LogP contribution >= 0.6 is 11.3 Å². The molecule has 114 valence electrons. The normalized spacial score (nSPS) is 11.5. The van der Waals surface area contributed by atoms with Crippen LogP contribution in [-0.4, -0.2) is 18.6 Å². The lowest BCUT2D eigenvalue weighted by Crippen LogP contribution is -2.16. The first-order valence-corrected chi connectivity index (χ1v) is 8.40. The summed E-state index contributed by atoms with van der Waals surface area (Å²) >= 11 is 1.44. The van der Waals surface area contributed by atoms with Gasteiger partial charge in [0.25, 0.3) is 10.0 Å². The van der Waals surface area contributed by atoms with E-state index in [4.69, 9.17) is 0 Å². The lowest BCUT2D eigenvalue weighted by molar-refractivity contribution is 0.521. The second-order valence-corrected chi connectivity index (χ2v) is 6.87. The molecule has 0 fully saturated rings. The highest BCUT2D eigenvalue weighted by Gasteiger charge is 2.24. The van der Waals surface area contributed by atoms with Crippen molar-refractivity contribution in [2.75, 3.05) is 4.72 Å². The number of anilines is 1. The molecule has 0 saturated carbocycles. The Balaban J connectivity index is 1.92. The molecule has 0 spiro atoms. The maximum absolute atomic E-state index is 13.6. The summed E-state index contributed by atoms with van der Waals surface area (Å²) in [5.41, 5.74) is 0.599. The third-order valence-electron chi connectivity index (χ3n) is 2.79. The van der Waals surface area contributed by atoms with Gasteiger partial charge >= 0.3 is 0 Å². The van der Waals surface area contributed by atoms with E-state index in [-0.39, 0.29) is 5.82 Å². The summed E-state index contributed by atoms with van der Waals surface area (Å²) in [6.07, 6.45) is 0. The Labute approximate surface area is 128 Å². The van der Waals surface area contributed by atoms with Gasteiger partial charge in [-0.05, 0) is 23.6 Å². The second-order valence-electron chi connectivity index (χ2n) is 4.30. The summed E-state index contributed by atoms with van der Waals surface area (Å²) in [7, 11) is -4.41. The number of rotatable bonds is 4. The van der Waals surface area contributed by atoms with E-state index in [1.54, 1.807) is 0 Å². The van der Waals surface area contributed by atoms with Crippen LogP contribution in [0.3, 0.4) is 0 Å². The molecule has 0 radical (unpaired) electrons. The first-order chi connectivity index (χ1) is 10.5. The average molecular weight is 341 g/mol. The van der Waals surface area contributed by atoms with Crippen molar-refractivity contribution >= 4 is 27.2 Å². The van der Waals surface area contributed by atoms with Crippen molar-refractivity contribution in [1.29, 1.82) is 0 Å². The largest absolute Gasteiger partial charge is 0.275 e. The molecule has 0 unspecified atom stereocenters. The standard InChI is InChI=1S/C13H9F2N3O2S2/c14-8-3-1-4-9(15)13(8)22(19,20)18-12-7-10(16-17-12)11-5-2-6-21-11/h1-7H,(H2,16,17,18). The zero-order valence-electron chi connectivity index (χ0n) is 10.9. The smallest absolute Gasteiger partial charge is 0.268 e. The number of benzene rings is 1. The van der Waals surface area contributed by atoms with E-state index in [1.165, 1.54) is 17.4 Å². The fourth-order valence-electron chi connectivity index (χ4n) is 1.86. The van der Waals surface area contributed by atoms with E-state index >= 15 is 0 Å². The molecule has 2 aromatic heterocycles. The first-order valence-electron chi connectivity index (χ1n) is 6.03. The predicted molar refractivity (Wildman–Crippen MR) is 79.1 cm³/mol. The number of sulfonamides is 1. The molecule has 22 heavy (non-hydrogen) atoms. The van der Waals surface area contributed by atoms with Gasteiger partial charge in [0, 0.05) is 6.07 Å². The monoisotopic (exact) mass is 341 g/mol. The highest BCUT2D eigenvalue weighted by molar-refractivity contribution is 7.92. The Morgan fingerprint density at radius 2 is 1.86 bits per heavy atom. The summed E-state index contributed by atoms with van der Waals surface area (Å²) < 4.78 is 53.4. The molecular weight excluding hydrogens is 332 g/mol. The third kappa shape index (κ3) is 2.72. The number of thiophene rings is 1. The molecule has 1 aromatic carbocycles. The van der Waals surface area contributed by atoms with E-state index < -0.39 is 26.6 Å². The van der Waals surface area contributed by atoms with Gasteiger partial charge in [0.2, 0.25) is 0 Å². The van der Waals surface area contributed by atoms with Crippen LogP contribution < -0.4 is 4.72 Å². The summed E-state index contributed by atoms with van der Waals surface area (Å²) in [4.78, 5) is -0.175. The summed E-state index contributed by atoms with van der Waals surface area (Å²) in [6, 6.07) is 7.94. The van der Waals surface area contributed by atoms with Gasteiger partial charge in [-0.2, -0.15) is 5.10 Å². The van der Waals surface area contributed by atoms with Crippen molar-refractivity contribution in [2.45, 2.75) is 4.90 Å². The van der Waals surface area contributed by atoms with E-state index in [9.17, 15) is 17.2 Å². The van der Waals surface area contributed by atoms with Crippen molar-refractivity contribution in [1.82, 2.24) is 10.2 Å². The molecule has 5 nitrogen and oxygen atoms in total. The maximum Gasteiger partial charge on any atom is 0.268 e. The van der Waals surface area contributed by atoms with Gasteiger partial charge in [-0.25, -0.2) is 17.2 Å². The van der Waals surface area contributed by atoms with Crippen molar-refractivity contribution in [3.05, 3.63) is 53.4 Å². The molecule has 2 N–H and O–H groups in total. The third-order valence-corrected chi connectivity index (χ3v) is 5.10. The van der Waals surface area contributed by atoms with Crippen LogP contribution in [0.15, 0.2) is 46.7 Å². The molecule has 3 rings (SSSR count). The number of hydrogen-bond acceptors (Lipinski definition) is 4. The number of H-pyrrole nitrogens is 1. The van der Waals surface area contributed by atoms with Crippen molar-refractivity contribution in [3.63, 3.8) is 0 Å². The van der Waals surface area contributed by atoms with Crippen molar-refractivity contribution in [3.8, 4) is 10.6 Å². The topological polar surface area (TPSA) is 74.8 Å². The zero-order valence-corrected chi connectivity index (χ0v) is 12.5. The highest BCUT2D eigenvalue weighted by Crippen LogP contribution is 2.26. The van der Waals surface area contributed by atoms with Crippen LogP contribution in [0.5, 0.6) is 0 Å². The summed E-state index contributed by atoms with van der Waals surface area (Å²) in [5, 5.41) is 8.30. The Morgan fingerprint density at radius 3 is 2.50 bits per heavy atom. The van der Waals surface area contributed by atoms with Gasteiger partial charge in [-0.15, -0.1) is 11.3 Å². The second kappa shape index (κ2) is 5.50. The van der Waals surface area contributed by atoms with Crippen molar-refractivity contribution < 1.29 is 17.2 Å². The van der Waals surface area contributed by atoms with Gasteiger partial charge in [-0.3, -0.25) is 9.82 Å². The Bertz CT molecular complexity index is 885. The van der Waals surface area contributed by atoms with Crippen LogP contribution in [0.25, 0.3) is 10.6 Å². The minimum Gasteiger partial charge on any atom is -0.275 e. The molecule has 0 aliphatic carbocycles. The van der Waals surface area contributed by atoms with E-state index in [1.807, 2.05) is 17.5 Å². The maximum atomic E-state index is 13.6. The van der Waals surface area contributed by atoms with Crippen molar-refractivity contribution in [2.24, 2.45) is 0 Å². The van der Waals surface area contributed by atoms with E-state index in [2.05, 4.69) is 14.9 Å². The summed E-state index contributed by atoms with van der Waals surface area (Å²) in [6.45, 7) is 0. The van der Waals surface area contributed by atoms with Gasteiger partial charge in [0.15, 0.2) is 10.7 Å². The predicted octanol–water partition coefficient (Wildman–Crippen LogP) is 3.22. The molecule has 0 atom stereocenters. The van der Waals surface area contributed by atoms with Crippen LogP contribution in [0.1, 0.15) is 0 Å². The van der Waals surface area contributed by atoms with Crippen LogP contribution in [0.2, 0.25) is 0 Å². The van der Waals surface area contributed by atoms with E-state index in [0.717, 1.165) is 23.1 Å². The number of aromatic amines is 1. The molecule has 3 aromatic rings. The fourth-order valence-corrected chi connectivity index (χ4v) is 3.68. The lowest BCUT2D eigenvalue weighted by Gasteiger charge is -2.07. The minimum atomic E-state index is -4.41. The first kappa shape index (κ1) is 14.7. The molecule has 0 amide bonds. The fraction of sp³-hybridized carbons (Fsp3) is 0.